The Labute approximate surface area is 101 Å². The Hall–Kier alpha value is -2.26. The first kappa shape index (κ1) is 12.8. The molecule has 0 aliphatic rings. The van der Waals surface area contributed by atoms with Crippen LogP contribution in [0.15, 0.2) is 24.3 Å². The van der Waals surface area contributed by atoms with Gasteiger partial charge in [-0.25, -0.2) is 0 Å². The number of nitrogens with zero attached hydrogens (tertiary/aromatic N) is 1. The number of carbonyl (C=O) groups excluding carboxylic acids is 1. The molecule has 0 aromatic heterocycles. The van der Waals surface area contributed by atoms with Crippen LogP contribution in [0.25, 0.3) is 0 Å². The highest BCUT2D eigenvalue weighted by Crippen LogP contribution is 2.07. The van der Waals surface area contributed by atoms with E-state index in [1.165, 1.54) is 0 Å². The van der Waals surface area contributed by atoms with Crippen LogP contribution in [0.3, 0.4) is 0 Å². The minimum atomic E-state index is -0.322. The fourth-order valence-corrected chi connectivity index (χ4v) is 1.31. The molecule has 0 saturated heterocycles. The van der Waals surface area contributed by atoms with Crippen LogP contribution in [0, 0.1) is 23.2 Å². The summed E-state index contributed by atoms with van der Waals surface area (Å²) in [6.07, 6.45) is 0.402. The lowest BCUT2D eigenvalue weighted by molar-refractivity contribution is -0.141. The van der Waals surface area contributed by atoms with E-state index in [0.717, 1.165) is 11.1 Å². The van der Waals surface area contributed by atoms with Gasteiger partial charge in [-0.3, -0.25) is 4.79 Å². The highest BCUT2D eigenvalue weighted by Gasteiger charge is 1.99. The molecule has 17 heavy (non-hydrogen) atoms. The Morgan fingerprint density at radius 1 is 1.41 bits per heavy atom. The summed E-state index contributed by atoms with van der Waals surface area (Å²) in [5, 5.41) is 8.66. The van der Waals surface area contributed by atoms with Gasteiger partial charge >= 0.3 is 5.97 Å². The Kier molecular flexibility index (Phi) is 5.34. The van der Waals surface area contributed by atoms with Gasteiger partial charge in [0, 0.05) is 5.56 Å². The molecule has 0 atom stereocenters. The van der Waals surface area contributed by atoms with E-state index >= 15 is 0 Å². The molecule has 0 amide bonds. The molecule has 0 N–H and O–H groups in total. The van der Waals surface area contributed by atoms with E-state index in [1.807, 2.05) is 24.3 Å². The third-order valence-electron chi connectivity index (χ3n) is 2.05. The maximum atomic E-state index is 11.1. The maximum Gasteiger partial charge on any atom is 0.317 e. The minimum Gasteiger partial charge on any atom is -0.465 e. The third kappa shape index (κ3) is 4.40. The Bertz CT molecular complexity index is 489. The van der Waals surface area contributed by atoms with E-state index in [1.54, 1.807) is 6.92 Å². The molecule has 0 bridgehead atoms. The number of ether oxygens (including phenoxy) is 1. The number of carbonyl (C=O) groups is 1. The average molecular weight is 227 g/mol. The van der Waals surface area contributed by atoms with Crippen LogP contribution in [0.5, 0.6) is 0 Å². The standard InChI is InChI=1S/C14H13NO2/c1-2-17-14(16)9-5-8-12-6-3-4-7-13(12)10-11-15/h3-4,6-7H,2,9-10H2,1H3. The predicted octanol–water partition coefficient (Wildman–Crippen LogP) is 2.06. The van der Waals surface area contributed by atoms with E-state index in [2.05, 4.69) is 17.9 Å². The predicted molar refractivity (Wildman–Crippen MR) is 63.9 cm³/mol. The van der Waals surface area contributed by atoms with Gasteiger partial charge in [-0.05, 0) is 18.6 Å². The van der Waals surface area contributed by atoms with Gasteiger partial charge in [0.2, 0.25) is 0 Å². The second-order valence-electron chi connectivity index (χ2n) is 3.28. The monoisotopic (exact) mass is 227 g/mol. The zero-order chi connectivity index (χ0) is 12.5. The Morgan fingerprint density at radius 3 is 2.88 bits per heavy atom. The molecule has 0 heterocycles. The average Bonchev–Trinajstić information content (AvgIpc) is 2.32. The SMILES string of the molecule is CCOC(=O)CC#Cc1ccccc1CC#N. The summed E-state index contributed by atoms with van der Waals surface area (Å²) in [6, 6.07) is 9.50. The largest absolute Gasteiger partial charge is 0.465 e. The number of nitriles is 1. The van der Waals surface area contributed by atoms with E-state index in [4.69, 9.17) is 10.00 Å². The van der Waals surface area contributed by atoms with Crippen molar-refractivity contribution in [2.75, 3.05) is 6.61 Å². The summed E-state index contributed by atoms with van der Waals surface area (Å²) in [7, 11) is 0. The van der Waals surface area contributed by atoms with Crippen LogP contribution in [0.4, 0.5) is 0 Å². The lowest BCUT2D eigenvalue weighted by atomic mass is 10.1. The van der Waals surface area contributed by atoms with Gasteiger partial charge in [-0.15, -0.1) is 0 Å². The molecule has 3 nitrogen and oxygen atoms in total. The van der Waals surface area contributed by atoms with E-state index < -0.39 is 0 Å². The maximum absolute atomic E-state index is 11.1. The van der Waals surface area contributed by atoms with Crippen LogP contribution in [-0.2, 0) is 16.0 Å². The van der Waals surface area contributed by atoms with E-state index in [9.17, 15) is 4.79 Å². The fraction of sp³-hybridized carbons (Fsp3) is 0.286. The lowest BCUT2D eigenvalue weighted by Gasteiger charge is -1.98. The van der Waals surface area contributed by atoms with Crippen molar-refractivity contribution in [3.63, 3.8) is 0 Å². The van der Waals surface area contributed by atoms with Crippen molar-refractivity contribution in [2.24, 2.45) is 0 Å². The van der Waals surface area contributed by atoms with Gasteiger partial charge in [-0.2, -0.15) is 5.26 Å². The van der Waals surface area contributed by atoms with Crippen molar-refractivity contribution < 1.29 is 9.53 Å². The van der Waals surface area contributed by atoms with Crippen molar-refractivity contribution in [1.29, 1.82) is 5.26 Å². The molecular weight excluding hydrogens is 214 g/mol. The van der Waals surface area contributed by atoms with Crippen molar-refractivity contribution in [2.45, 2.75) is 19.8 Å². The first-order chi connectivity index (χ1) is 8.27. The third-order valence-corrected chi connectivity index (χ3v) is 2.05. The summed E-state index contributed by atoms with van der Waals surface area (Å²) in [5.74, 6) is 5.32. The molecular formula is C14H13NO2. The second kappa shape index (κ2) is 7.09. The molecule has 86 valence electrons. The smallest absolute Gasteiger partial charge is 0.317 e. The number of hydrogen-bond acceptors (Lipinski definition) is 3. The van der Waals surface area contributed by atoms with Gasteiger partial charge in [0.1, 0.15) is 6.42 Å². The van der Waals surface area contributed by atoms with Gasteiger partial charge in [0.25, 0.3) is 0 Å². The van der Waals surface area contributed by atoms with Crippen LogP contribution in [0.1, 0.15) is 24.5 Å². The van der Waals surface area contributed by atoms with Crippen molar-refractivity contribution in [3.8, 4) is 17.9 Å². The molecule has 0 aliphatic carbocycles. The lowest BCUT2D eigenvalue weighted by Crippen LogP contribution is -2.01. The van der Waals surface area contributed by atoms with Crippen molar-refractivity contribution >= 4 is 5.97 Å². The van der Waals surface area contributed by atoms with Gasteiger partial charge in [0.15, 0.2) is 0 Å². The highest BCUT2D eigenvalue weighted by atomic mass is 16.5. The number of benzene rings is 1. The summed E-state index contributed by atoms with van der Waals surface area (Å²) >= 11 is 0. The normalized spacial score (nSPS) is 8.71. The zero-order valence-electron chi connectivity index (χ0n) is 9.69. The molecule has 3 heteroatoms. The van der Waals surface area contributed by atoms with E-state index in [-0.39, 0.29) is 12.4 Å². The Morgan fingerprint density at radius 2 is 2.18 bits per heavy atom. The quantitative estimate of drug-likeness (QED) is 0.586. The Balaban J connectivity index is 2.71. The molecule has 0 aliphatic heterocycles. The molecule has 1 rings (SSSR count). The highest BCUT2D eigenvalue weighted by molar-refractivity contribution is 5.72. The summed E-state index contributed by atoms with van der Waals surface area (Å²) < 4.78 is 4.76. The summed E-state index contributed by atoms with van der Waals surface area (Å²) in [6.45, 7) is 2.12. The van der Waals surface area contributed by atoms with Gasteiger partial charge in [0.05, 0.1) is 19.1 Å². The molecule has 1 aromatic carbocycles. The number of rotatable bonds is 3. The molecule has 0 unspecified atom stereocenters. The number of hydrogen-bond donors (Lipinski definition) is 0. The summed E-state index contributed by atoms with van der Waals surface area (Å²) in [5.41, 5.74) is 1.67. The molecule has 0 radical (unpaired) electrons. The topological polar surface area (TPSA) is 50.1 Å². The first-order valence-corrected chi connectivity index (χ1v) is 5.37. The zero-order valence-corrected chi connectivity index (χ0v) is 9.69. The molecule has 0 saturated carbocycles. The van der Waals surface area contributed by atoms with Crippen LogP contribution < -0.4 is 0 Å². The van der Waals surface area contributed by atoms with Crippen LogP contribution >= 0.6 is 0 Å². The summed E-state index contributed by atoms with van der Waals surface area (Å²) in [4.78, 5) is 11.1. The van der Waals surface area contributed by atoms with Crippen molar-refractivity contribution in [3.05, 3.63) is 35.4 Å². The van der Waals surface area contributed by atoms with Crippen LogP contribution in [-0.4, -0.2) is 12.6 Å². The van der Waals surface area contributed by atoms with E-state index in [0.29, 0.717) is 13.0 Å². The number of esters is 1. The minimum absolute atomic E-state index is 0.0781. The van der Waals surface area contributed by atoms with Gasteiger partial charge in [-0.1, -0.05) is 30.0 Å². The molecule has 0 spiro atoms. The van der Waals surface area contributed by atoms with Crippen molar-refractivity contribution in [1.82, 2.24) is 0 Å². The first-order valence-electron chi connectivity index (χ1n) is 5.37. The van der Waals surface area contributed by atoms with Gasteiger partial charge < -0.3 is 4.74 Å². The fourth-order valence-electron chi connectivity index (χ4n) is 1.31. The second-order valence-corrected chi connectivity index (χ2v) is 3.28. The molecule has 1 aromatic rings. The molecule has 0 fully saturated rings. The van der Waals surface area contributed by atoms with Crippen LogP contribution in [0.2, 0.25) is 0 Å².